The number of aryl methyl sites for hydroxylation is 1. The highest BCUT2D eigenvalue weighted by molar-refractivity contribution is 6.05. The number of hydrogen-bond donors (Lipinski definition) is 3. The average Bonchev–Trinajstić information content (AvgIpc) is 3.25. The largest absolute Gasteiger partial charge is 0.383 e. The molecule has 0 saturated carbocycles. The summed E-state index contributed by atoms with van der Waals surface area (Å²) in [7, 11) is 1.51. The molecule has 10 nitrogen and oxygen atoms in total. The molecular weight excluding hydrogens is 460 g/mol. The van der Waals surface area contributed by atoms with Crippen molar-refractivity contribution in [1.82, 2.24) is 19.3 Å². The van der Waals surface area contributed by atoms with Gasteiger partial charge in [0.05, 0.1) is 36.3 Å². The number of aromatic nitrogens is 4. The molecule has 4 aromatic rings. The fourth-order valence-electron chi connectivity index (χ4n) is 3.90. The van der Waals surface area contributed by atoms with Crippen LogP contribution in [0.25, 0.3) is 5.69 Å². The van der Waals surface area contributed by atoms with Gasteiger partial charge in [0.25, 0.3) is 11.5 Å². The van der Waals surface area contributed by atoms with Gasteiger partial charge in [0.15, 0.2) is 0 Å². The first-order valence-corrected chi connectivity index (χ1v) is 11.5. The topological polar surface area (TPSA) is 123 Å². The number of ether oxygens (including phenoxy) is 1. The van der Waals surface area contributed by atoms with Crippen LogP contribution in [0.2, 0.25) is 0 Å². The van der Waals surface area contributed by atoms with Gasteiger partial charge < -0.3 is 15.4 Å². The number of benzene rings is 2. The molecule has 0 aliphatic carbocycles. The van der Waals surface area contributed by atoms with E-state index in [1.165, 1.54) is 17.9 Å². The zero-order valence-corrected chi connectivity index (χ0v) is 20.4. The minimum Gasteiger partial charge on any atom is -0.383 e. The van der Waals surface area contributed by atoms with Gasteiger partial charge in [-0.05, 0) is 31.0 Å². The van der Waals surface area contributed by atoms with Crippen molar-refractivity contribution in [3.63, 3.8) is 0 Å². The van der Waals surface area contributed by atoms with Crippen LogP contribution in [-0.4, -0.2) is 39.0 Å². The number of carbonyl (C=O) groups is 1. The lowest BCUT2D eigenvalue weighted by Crippen LogP contribution is -2.36. The summed E-state index contributed by atoms with van der Waals surface area (Å²) in [6, 6.07) is 17.2. The van der Waals surface area contributed by atoms with E-state index in [0.717, 1.165) is 16.8 Å². The molecule has 3 N–H and O–H groups in total. The zero-order chi connectivity index (χ0) is 25.7. The van der Waals surface area contributed by atoms with Crippen molar-refractivity contribution >= 4 is 17.4 Å². The zero-order valence-electron chi connectivity index (χ0n) is 20.4. The minimum atomic E-state index is -0.648. The molecule has 0 fully saturated rings. The molecule has 0 unspecified atom stereocenters. The number of rotatable bonds is 9. The molecule has 4 rings (SSSR count). The van der Waals surface area contributed by atoms with Gasteiger partial charge in [-0.2, -0.15) is 5.10 Å². The maximum absolute atomic E-state index is 13.4. The van der Waals surface area contributed by atoms with Crippen molar-refractivity contribution in [2.45, 2.75) is 26.9 Å². The number of H-pyrrole nitrogens is 1. The van der Waals surface area contributed by atoms with Gasteiger partial charge in [0, 0.05) is 13.7 Å². The third kappa shape index (κ3) is 5.13. The van der Waals surface area contributed by atoms with Gasteiger partial charge in [-0.1, -0.05) is 48.5 Å². The predicted octanol–water partition coefficient (Wildman–Crippen LogP) is 2.85. The van der Waals surface area contributed by atoms with Crippen molar-refractivity contribution in [2.75, 3.05) is 24.4 Å². The molecular formula is C26H28N6O4. The second kappa shape index (κ2) is 10.9. The highest BCUT2D eigenvalue weighted by Gasteiger charge is 2.21. The molecule has 0 atom stereocenters. The van der Waals surface area contributed by atoms with Gasteiger partial charge >= 0.3 is 5.69 Å². The van der Waals surface area contributed by atoms with Crippen LogP contribution in [0.15, 0.2) is 70.4 Å². The van der Waals surface area contributed by atoms with Crippen LogP contribution in [0.4, 0.5) is 11.5 Å². The van der Waals surface area contributed by atoms with Gasteiger partial charge in [0.2, 0.25) is 0 Å². The van der Waals surface area contributed by atoms with Gasteiger partial charge in [-0.25, -0.2) is 9.48 Å². The third-order valence-electron chi connectivity index (χ3n) is 5.86. The molecule has 0 saturated heterocycles. The van der Waals surface area contributed by atoms with Crippen molar-refractivity contribution in [3.8, 4) is 5.69 Å². The van der Waals surface area contributed by atoms with Crippen molar-refractivity contribution in [1.29, 1.82) is 0 Å². The van der Waals surface area contributed by atoms with Crippen molar-refractivity contribution < 1.29 is 9.53 Å². The number of nitrogens with one attached hydrogen (secondary N) is 3. The number of anilines is 2. The van der Waals surface area contributed by atoms with Crippen LogP contribution >= 0.6 is 0 Å². The molecule has 2 heterocycles. The Balaban J connectivity index is 1.71. The Morgan fingerprint density at radius 1 is 1.06 bits per heavy atom. The summed E-state index contributed by atoms with van der Waals surface area (Å²) in [5.74, 6) is -0.434. The Kier molecular flexibility index (Phi) is 7.45. The van der Waals surface area contributed by atoms with Crippen molar-refractivity contribution in [3.05, 3.63) is 104 Å². The smallest absolute Gasteiger partial charge is 0.330 e. The molecule has 0 radical (unpaired) electrons. The van der Waals surface area contributed by atoms with E-state index in [1.54, 1.807) is 11.6 Å². The molecule has 0 aliphatic heterocycles. The maximum atomic E-state index is 13.4. The van der Waals surface area contributed by atoms with Crippen LogP contribution in [0.1, 0.15) is 27.2 Å². The summed E-state index contributed by atoms with van der Waals surface area (Å²) >= 11 is 0. The van der Waals surface area contributed by atoms with E-state index in [-0.39, 0.29) is 24.7 Å². The lowest BCUT2D eigenvalue weighted by atomic mass is 10.2. The Bertz CT molecular complexity index is 1490. The molecule has 1 amide bonds. The number of hydrogen-bond acceptors (Lipinski definition) is 6. The Morgan fingerprint density at radius 3 is 2.50 bits per heavy atom. The minimum absolute atomic E-state index is 0.0600. The molecule has 0 aliphatic rings. The summed E-state index contributed by atoms with van der Waals surface area (Å²) in [4.78, 5) is 41.2. The van der Waals surface area contributed by atoms with Crippen molar-refractivity contribution in [2.24, 2.45) is 0 Å². The van der Waals surface area contributed by atoms with Crippen LogP contribution in [0, 0.1) is 13.8 Å². The second-order valence-corrected chi connectivity index (χ2v) is 8.26. The molecule has 0 spiro atoms. The first kappa shape index (κ1) is 24.7. The Hall–Kier alpha value is -4.44. The summed E-state index contributed by atoms with van der Waals surface area (Å²) in [6.45, 7) is 4.41. The standard InChI is InChI=1S/C26H28N6O4/c1-17-9-7-8-12-21(17)32-18(2)20(16-28-32)24(33)29-23-22(27-15-19-10-5-4-6-11-19)25(34)30-26(35)31(23)13-14-36-3/h4-12,16,27H,13-15H2,1-3H3,(H,29,33)(H,30,34,35). The normalized spacial score (nSPS) is 10.9. The van der Waals surface area contributed by atoms with E-state index in [2.05, 4.69) is 20.7 Å². The van der Waals surface area contributed by atoms with Gasteiger partial charge in [-0.3, -0.25) is 19.1 Å². The summed E-state index contributed by atoms with van der Waals surface area (Å²) in [6.07, 6.45) is 1.47. The SMILES string of the molecule is COCCn1c(NC(=O)c2cnn(-c3ccccc3C)c2C)c(NCc2ccccc2)c(=O)[nH]c1=O. The molecule has 36 heavy (non-hydrogen) atoms. The average molecular weight is 489 g/mol. The number of carbonyl (C=O) groups excluding carboxylic acids is 1. The van der Waals surface area contributed by atoms with Crippen LogP contribution in [0.3, 0.4) is 0 Å². The van der Waals surface area contributed by atoms with E-state index in [9.17, 15) is 14.4 Å². The Labute approximate surface area is 207 Å². The van der Waals surface area contributed by atoms with Crippen LogP contribution in [-0.2, 0) is 17.8 Å². The first-order chi connectivity index (χ1) is 17.4. The number of methoxy groups -OCH3 is 1. The number of para-hydroxylation sites is 1. The molecule has 0 bridgehead atoms. The van der Waals surface area contributed by atoms with Crippen LogP contribution < -0.4 is 21.9 Å². The number of amides is 1. The van der Waals surface area contributed by atoms with E-state index in [4.69, 9.17) is 4.74 Å². The Morgan fingerprint density at radius 2 is 1.78 bits per heavy atom. The highest BCUT2D eigenvalue weighted by atomic mass is 16.5. The number of nitrogens with zero attached hydrogens (tertiary/aromatic N) is 3. The van der Waals surface area contributed by atoms with Gasteiger partial charge in [-0.15, -0.1) is 0 Å². The lowest BCUT2D eigenvalue weighted by molar-refractivity contribution is 0.102. The fourth-order valence-corrected chi connectivity index (χ4v) is 3.90. The van der Waals surface area contributed by atoms with E-state index in [0.29, 0.717) is 17.8 Å². The quantitative estimate of drug-likeness (QED) is 0.333. The molecule has 186 valence electrons. The monoisotopic (exact) mass is 488 g/mol. The third-order valence-corrected chi connectivity index (χ3v) is 5.86. The maximum Gasteiger partial charge on any atom is 0.330 e. The molecule has 2 aromatic heterocycles. The lowest BCUT2D eigenvalue weighted by Gasteiger charge is -2.18. The highest BCUT2D eigenvalue weighted by Crippen LogP contribution is 2.21. The van der Waals surface area contributed by atoms with Crippen LogP contribution in [0.5, 0.6) is 0 Å². The molecule has 10 heteroatoms. The molecule has 2 aromatic carbocycles. The van der Waals surface area contributed by atoms with E-state index in [1.807, 2.05) is 61.5 Å². The second-order valence-electron chi connectivity index (χ2n) is 8.26. The summed E-state index contributed by atoms with van der Waals surface area (Å²) in [5.41, 5.74) is 2.52. The summed E-state index contributed by atoms with van der Waals surface area (Å²) in [5, 5.41) is 10.2. The predicted molar refractivity (Wildman–Crippen MR) is 138 cm³/mol. The number of aromatic amines is 1. The van der Waals surface area contributed by atoms with E-state index < -0.39 is 17.2 Å². The van der Waals surface area contributed by atoms with E-state index >= 15 is 0 Å². The summed E-state index contributed by atoms with van der Waals surface area (Å²) < 4.78 is 8.09. The first-order valence-electron chi connectivity index (χ1n) is 11.5. The van der Waals surface area contributed by atoms with Gasteiger partial charge in [0.1, 0.15) is 11.5 Å². The fraction of sp³-hybridized carbons (Fsp3) is 0.231.